The van der Waals surface area contributed by atoms with Gasteiger partial charge in [-0.1, -0.05) is 13.0 Å². The molecule has 1 heterocycles. The number of likely N-dealkylation sites (N-methyl/N-ethyl adjacent to an activating group) is 2. The molecule has 0 bridgehead atoms. The number of amides is 4. The number of nitrogens with two attached hydrogens (primary N) is 1. The Morgan fingerprint density at radius 2 is 1.71 bits per heavy atom. The Morgan fingerprint density at radius 1 is 1.02 bits per heavy atom. The lowest BCUT2D eigenvalue weighted by molar-refractivity contribution is -0.135. The third kappa shape index (κ3) is 10.9. The lowest BCUT2D eigenvalue weighted by atomic mass is 10.2. The van der Waals surface area contributed by atoms with Gasteiger partial charge in [0.15, 0.2) is 0 Å². The monoisotopic (exact) mass is 567 g/mol. The van der Waals surface area contributed by atoms with Crippen molar-refractivity contribution in [1.82, 2.24) is 30.4 Å². The average Bonchev–Trinajstić information content (AvgIpc) is 2.94. The van der Waals surface area contributed by atoms with Crippen molar-refractivity contribution in [2.24, 2.45) is 5.73 Å². The molecule has 0 fully saturated rings. The predicted octanol–water partition coefficient (Wildman–Crippen LogP) is 1.34. The predicted molar refractivity (Wildman–Crippen MR) is 159 cm³/mol. The molecule has 2 rings (SSSR count). The molecular formula is C28H41N9O4. The number of hydrogen-bond acceptors (Lipinski definition) is 9. The van der Waals surface area contributed by atoms with Gasteiger partial charge in [0.1, 0.15) is 17.4 Å². The molecule has 41 heavy (non-hydrogen) atoms. The minimum absolute atomic E-state index is 0.251. The van der Waals surface area contributed by atoms with Crippen molar-refractivity contribution in [3.05, 3.63) is 53.7 Å². The molecule has 1 aromatic heterocycles. The smallest absolute Gasteiger partial charge is 0.256 e. The molecule has 0 aliphatic carbocycles. The Hall–Kier alpha value is -4.52. The number of carbonyl (C=O) groups excluding carboxylic acids is 4. The highest BCUT2D eigenvalue weighted by Gasteiger charge is 2.20. The van der Waals surface area contributed by atoms with Crippen LogP contribution in [0.15, 0.2) is 42.6 Å². The van der Waals surface area contributed by atoms with E-state index in [2.05, 4.69) is 31.2 Å². The first kappa shape index (κ1) is 32.7. The second-order valence-electron chi connectivity index (χ2n) is 9.64. The fourth-order valence-electron chi connectivity index (χ4n) is 3.43. The SMILES string of the molecule is CCCNc1nc(Nc2ccc(C(N)=O)cc2)ncc1C(=O)NCCCNC(=O)[C@H](C)N(C)C(=O)/C=C/CN(C)C. The molecule has 6 N–H and O–H groups in total. The van der Waals surface area contributed by atoms with E-state index in [1.807, 2.05) is 25.9 Å². The molecule has 1 aromatic carbocycles. The summed E-state index contributed by atoms with van der Waals surface area (Å²) in [7, 11) is 5.38. The summed E-state index contributed by atoms with van der Waals surface area (Å²) in [4.78, 5) is 60.9. The summed E-state index contributed by atoms with van der Waals surface area (Å²) in [6, 6.07) is 5.91. The van der Waals surface area contributed by atoms with Gasteiger partial charge in [0, 0.05) is 56.8 Å². The molecule has 0 aliphatic rings. The van der Waals surface area contributed by atoms with Gasteiger partial charge in [0.2, 0.25) is 23.7 Å². The average molecular weight is 568 g/mol. The molecule has 0 saturated carbocycles. The van der Waals surface area contributed by atoms with Crippen LogP contribution in [0.3, 0.4) is 0 Å². The largest absolute Gasteiger partial charge is 0.369 e. The minimum atomic E-state index is -0.640. The molecule has 0 spiro atoms. The van der Waals surface area contributed by atoms with Gasteiger partial charge >= 0.3 is 0 Å². The highest BCUT2D eigenvalue weighted by molar-refractivity contribution is 5.98. The van der Waals surface area contributed by atoms with Crippen molar-refractivity contribution in [1.29, 1.82) is 0 Å². The summed E-state index contributed by atoms with van der Waals surface area (Å²) in [5, 5.41) is 11.8. The number of nitrogens with zero attached hydrogens (tertiary/aromatic N) is 4. The Bertz CT molecular complexity index is 1220. The zero-order chi connectivity index (χ0) is 30.4. The summed E-state index contributed by atoms with van der Waals surface area (Å²) in [6.45, 7) is 5.54. The topological polar surface area (TPSA) is 175 Å². The van der Waals surface area contributed by atoms with Crippen molar-refractivity contribution in [2.45, 2.75) is 32.7 Å². The lowest BCUT2D eigenvalue weighted by Crippen LogP contribution is -2.46. The van der Waals surface area contributed by atoms with Crippen LogP contribution >= 0.6 is 0 Å². The van der Waals surface area contributed by atoms with Crippen molar-refractivity contribution in [3.63, 3.8) is 0 Å². The molecular weight excluding hydrogens is 526 g/mol. The number of primary amides is 1. The molecule has 13 nitrogen and oxygen atoms in total. The first-order valence-corrected chi connectivity index (χ1v) is 13.4. The summed E-state index contributed by atoms with van der Waals surface area (Å²) in [5.41, 5.74) is 6.60. The standard InChI is InChI=1S/C28H41N9O4/c1-6-14-30-25-22(18-33-28(35-25)34-21-12-10-20(11-13-21)24(29)39)27(41)32-16-8-15-31-26(40)19(2)37(5)23(38)9-7-17-36(3)4/h7,9-13,18-19H,6,8,14-17H2,1-5H3,(H2,29,39)(H,31,40)(H,32,41)(H2,30,33,34,35)/b9-7+/t19-/m0/s1. The third-order valence-electron chi connectivity index (χ3n) is 5.98. The number of hydrogen-bond donors (Lipinski definition) is 5. The van der Waals surface area contributed by atoms with E-state index in [0.29, 0.717) is 49.7 Å². The summed E-state index contributed by atoms with van der Waals surface area (Å²) in [6.07, 6.45) is 5.95. The number of nitrogens with one attached hydrogen (secondary N) is 4. The summed E-state index contributed by atoms with van der Waals surface area (Å²) >= 11 is 0. The Kier molecular flexibility index (Phi) is 13.2. The maximum absolute atomic E-state index is 12.9. The van der Waals surface area contributed by atoms with Crippen LogP contribution in [0.2, 0.25) is 0 Å². The Labute approximate surface area is 241 Å². The highest BCUT2D eigenvalue weighted by atomic mass is 16.2. The molecule has 2 aromatic rings. The number of rotatable bonds is 16. The van der Waals surface area contributed by atoms with E-state index in [4.69, 9.17) is 5.73 Å². The van der Waals surface area contributed by atoms with Crippen LogP contribution in [0.5, 0.6) is 0 Å². The van der Waals surface area contributed by atoms with Crippen molar-refractivity contribution in [2.75, 3.05) is 58.0 Å². The van der Waals surface area contributed by atoms with Gasteiger partial charge in [-0.2, -0.15) is 4.98 Å². The fraction of sp³-hybridized carbons (Fsp3) is 0.429. The van der Waals surface area contributed by atoms with Gasteiger partial charge in [0.05, 0.1) is 0 Å². The van der Waals surface area contributed by atoms with Gasteiger partial charge in [-0.25, -0.2) is 4.98 Å². The van der Waals surface area contributed by atoms with Crippen LogP contribution in [0.4, 0.5) is 17.5 Å². The van der Waals surface area contributed by atoms with E-state index < -0.39 is 11.9 Å². The molecule has 13 heteroatoms. The van der Waals surface area contributed by atoms with Crippen LogP contribution in [0.25, 0.3) is 0 Å². The molecule has 4 amide bonds. The maximum Gasteiger partial charge on any atom is 0.256 e. The van der Waals surface area contributed by atoms with E-state index in [1.54, 1.807) is 44.3 Å². The van der Waals surface area contributed by atoms with E-state index in [-0.39, 0.29) is 29.2 Å². The van der Waals surface area contributed by atoms with Gasteiger partial charge < -0.3 is 36.8 Å². The second kappa shape index (κ2) is 16.6. The Balaban J connectivity index is 1.88. The quantitative estimate of drug-likeness (QED) is 0.148. The summed E-state index contributed by atoms with van der Waals surface area (Å²) < 4.78 is 0. The zero-order valence-electron chi connectivity index (χ0n) is 24.4. The highest BCUT2D eigenvalue weighted by Crippen LogP contribution is 2.18. The maximum atomic E-state index is 12.9. The van der Waals surface area contributed by atoms with E-state index >= 15 is 0 Å². The summed E-state index contributed by atoms with van der Waals surface area (Å²) in [5.74, 6) is -0.741. The van der Waals surface area contributed by atoms with Crippen LogP contribution in [0.1, 0.15) is 47.4 Å². The van der Waals surface area contributed by atoms with Crippen LogP contribution in [-0.2, 0) is 9.59 Å². The zero-order valence-corrected chi connectivity index (χ0v) is 24.4. The first-order chi connectivity index (χ1) is 19.5. The molecule has 0 radical (unpaired) electrons. The second-order valence-corrected chi connectivity index (χ2v) is 9.64. The lowest BCUT2D eigenvalue weighted by Gasteiger charge is -2.23. The molecule has 1 atom stereocenters. The number of anilines is 3. The van der Waals surface area contributed by atoms with E-state index in [1.165, 1.54) is 17.2 Å². The Morgan fingerprint density at radius 3 is 2.34 bits per heavy atom. The van der Waals surface area contributed by atoms with Crippen LogP contribution in [0, 0.1) is 0 Å². The number of aromatic nitrogens is 2. The number of benzene rings is 1. The normalized spacial score (nSPS) is 11.7. The van der Waals surface area contributed by atoms with Crippen molar-refractivity contribution < 1.29 is 19.2 Å². The fourth-order valence-corrected chi connectivity index (χ4v) is 3.43. The van der Waals surface area contributed by atoms with Gasteiger partial charge in [-0.15, -0.1) is 0 Å². The molecule has 0 aliphatic heterocycles. The molecule has 222 valence electrons. The number of carbonyl (C=O) groups is 4. The van der Waals surface area contributed by atoms with Crippen LogP contribution < -0.4 is 27.0 Å². The molecule has 0 saturated heterocycles. The van der Waals surface area contributed by atoms with Gasteiger partial charge in [-0.3, -0.25) is 19.2 Å². The van der Waals surface area contributed by atoms with Crippen LogP contribution in [-0.4, -0.2) is 96.8 Å². The van der Waals surface area contributed by atoms with Crippen molar-refractivity contribution >= 4 is 41.1 Å². The van der Waals surface area contributed by atoms with Gasteiger partial charge in [0.25, 0.3) is 5.91 Å². The van der Waals surface area contributed by atoms with Gasteiger partial charge in [-0.05, 0) is 58.1 Å². The van der Waals surface area contributed by atoms with Crippen molar-refractivity contribution in [3.8, 4) is 0 Å². The third-order valence-corrected chi connectivity index (χ3v) is 5.98. The van der Waals surface area contributed by atoms with E-state index in [0.717, 1.165) is 6.42 Å². The first-order valence-electron chi connectivity index (χ1n) is 13.4. The minimum Gasteiger partial charge on any atom is -0.369 e. The van der Waals surface area contributed by atoms with E-state index in [9.17, 15) is 19.2 Å². The molecule has 0 unspecified atom stereocenters.